The number of likely N-dealkylation sites (N-methyl/N-ethyl adjacent to an activating group) is 1. The van der Waals surface area contributed by atoms with Crippen molar-refractivity contribution in [1.82, 2.24) is 10.2 Å². The van der Waals surface area contributed by atoms with Crippen LogP contribution in [0.25, 0.3) is 0 Å². The van der Waals surface area contributed by atoms with Crippen LogP contribution in [-0.2, 0) is 6.54 Å². The fourth-order valence-corrected chi connectivity index (χ4v) is 2.61. The molecule has 1 heterocycles. The lowest BCUT2D eigenvalue weighted by molar-refractivity contribution is 0.253. The molecule has 100 valence electrons. The molecule has 18 heavy (non-hydrogen) atoms. The first-order valence-corrected chi connectivity index (χ1v) is 6.90. The number of hydrogen-bond acceptors (Lipinski definition) is 2. The Morgan fingerprint density at radius 2 is 2.28 bits per heavy atom. The quantitative estimate of drug-likeness (QED) is 0.864. The van der Waals surface area contributed by atoms with Crippen LogP contribution in [0.15, 0.2) is 18.2 Å². The molecule has 2 nitrogen and oxygen atoms in total. The molecule has 1 fully saturated rings. The van der Waals surface area contributed by atoms with Crippen molar-refractivity contribution in [3.05, 3.63) is 35.1 Å². The van der Waals surface area contributed by atoms with Crippen LogP contribution < -0.4 is 5.32 Å². The minimum absolute atomic E-state index is 0.142. The van der Waals surface area contributed by atoms with Crippen LogP contribution in [-0.4, -0.2) is 30.6 Å². The van der Waals surface area contributed by atoms with E-state index in [4.69, 9.17) is 0 Å². The molecule has 1 atom stereocenters. The minimum Gasteiger partial charge on any atom is -0.313 e. The van der Waals surface area contributed by atoms with E-state index in [1.165, 1.54) is 18.4 Å². The predicted molar refractivity (Wildman–Crippen MR) is 73.1 cm³/mol. The number of nitrogens with zero attached hydrogens (tertiary/aromatic N) is 1. The first-order chi connectivity index (χ1) is 8.69. The van der Waals surface area contributed by atoms with Crippen molar-refractivity contribution in [2.24, 2.45) is 0 Å². The molecule has 1 aliphatic rings. The molecule has 0 saturated carbocycles. The van der Waals surface area contributed by atoms with Gasteiger partial charge in [0, 0.05) is 19.1 Å². The second-order valence-electron chi connectivity index (χ2n) is 5.19. The lowest BCUT2D eigenvalue weighted by atomic mass is 10.1. The molecule has 0 aromatic heterocycles. The molecule has 0 radical (unpaired) electrons. The predicted octanol–water partition coefficient (Wildman–Crippen LogP) is 2.71. The van der Waals surface area contributed by atoms with Gasteiger partial charge >= 0.3 is 0 Å². The smallest absolute Gasteiger partial charge is 0.123 e. The maximum atomic E-state index is 13.1. The van der Waals surface area contributed by atoms with E-state index >= 15 is 0 Å². The molecular formula is C15H23FN2. The van der Waals surface area contributed by atoms with Crippen molar-refractivity contribution >= 4 is 0 Å². The Kier molecular flexibility index (Phi) is 4.72. The third-order valence-electron chi connectivity index (χ3n) is 3.79. The van der Waals surface area contributed by atoms with Gasteiger partial charge < -0.3 is 5.32 Å². The van der Waals surface area contributed by atoms with E-state index in [1.54, 1.807) is 12.1 Å². The second kappa shape index (κ2) is 6.30. The molecule has 0 spiro atoms. The Morgan fingerprint density at radius 3 is 2.89 bits per heavy atom. The van der Waals surface area contributed by atoms with Crippen LogP contribution in [0.2, 0.25) is 0 Å². The first-order valence-electron chi connectivity index (χ1n) is 6.90. The largest absolute Gasteiger partial charge is 0.313 e. The summed E-state index contributed by atoms with van der Waals surface area (Å²) in [5.41, 5.74) is 2.28. The van der Waals surface area contributed by atoms with Crippen molar-refractivity contribution < 1.29 is 4.39 Å². The zero-order chi connectivity index (χ0) is 13.0. The maximum absolute atomic E-state index is 13.1. The second-order valence-corrected chi connectivity index (χ2v) is 5.19. The molecule has 1 unspecified atom stereocenters. The lowest BCUT2D eigenvalue weighted by Gasteiger charge is -2.25. The zero-order valence-corrected chi connectivity index (χ0v) is 11.4. The number of halogens is 1. The molecule has 0 amide bonds. The summed E-state index contributed by atoms with van der Waals surface area (Å²) in [6.45, 7) is 8.37. The highest BCUT2D eigenvalue weighted by atomic mass is 19.1. The van der Waals surface area contributed by atoms with Crippen molar-refractivity contribution in [1.29, 1.82) is 0 Å². The van der Waals surface area contributed by atoms with Gasteiger partial charge in [0.05, 0.1) is 0 Å². The highest BCUT2D eigenvalue weighted by molar-refractivity contribution is 5.26. The van der Waals surface area contributed by atoms with E-state index in [9.17, 15) is 4.39 Å². The van der Waals surface area contributed by atoms with E-state index in [-0.39, 0.29) is 5.82 Å². The van der Waals surface area contributed by atoms with Crippen molar-refractivity contribution in [2.75, 3.05) is 19.6 Å². The van der Waals surface area contributed by atoms with Crippen LogP contribution >= 0.6 is 0 Å². The standard InChI is InChI=1S/C15H23FN2/c1-3-18(11-15-5-4-8-17-15)10-13-6-7-14(16)9-12(13)2/h6-7,9,15,17H,3-5,8,10-11H2,1-2H3. The highest BCUT2D eigenvalue weighted by Crippen LogP contribution is 2.14. The summed E-state index contributed by atoms with van der Waals surface area (Å²) in [6, 6.07) is 5.72. The maximum Gasteiger partial charge on any atom is 0.123 e. The van der Waals surface area contributed by atoms with Gasteiger partial charge in [-0.25, -0.2) is 4.39 Å². The Hall–Kier alpha value is -0.930. The van der Waals surface area contributed by atoms with Crippen molar-refractivity contribution in [3.63, 3.8) is 0 Å². The van der Waals surface area contributed by atoms with Crippen LogP contribution in [0.1, 0.15) is 30.9 Å². The summed E-state index contributed by atoms with van der Waals surface area (Å²) in [4.78, 5) is 2.43. The van der Waals surface area contributed by atoms with Gasteiger partial charge in [-0.15, -0.1) is 0 Å². The van der Waals surface area contributed by atoms with Gasteiger partial charge in [0.2, 0.25) is 0 Å². The van der Waals surface area contributed by atoms with Gasteiger partial charge in [0.25, 0.3) is 0 Å². The zero-order valence-electron chi connectivity index (χ0n) is 11.4. The van der Waals surface area contributed by atoms with Crippen LogP contribution in [0, 0.1) is 12.7 Å². The van der Waals surface area contributed by atoms with Gasteiger partial charge in [-0.05, 0) is 56.1 Å². The Bertz CT molecular complexity index is 386. The molecule has 1 aromatic carbocycles. The Labute approximate surface area is 109 Å². The number of benzene rings is 1. The monoisotopic (exact) mass is 250 g/mol. The Morgan fingerprint density at radius 1 is 1.44 bits per heavy atom. The fourth-order valence-electron chi connectivity index (χ4n) is 2.61. The molecule has 1 aliphatic heterocycles. The van der Waals surface area contributed by atoms with Gasteiger partial charge in [-0.2, -0.15) is 0 Å². The van der Waals surface area contributed by atoms with Gasteiger partial charge in [-0.1, -0.05) is 13.0 Å². The highest BCUT2D eigenvalue weighted by Gasteiger charge is 2.17. The summed E-state index contributed by atoms with van der Waals surface area (Å²) in [6.07, 6.45) is 2.57. The molecule has 1 saturated heterocycles. The molecular weight excluding hydrogens is 227 g/mol. The molecule has 0 bridgehead atoms. The molecule has 2 rings (SSSR count). The summed E-state index contributed by atoms with van der Waals surface area (Å²) >= 11 is 0. The average Bonchev–Trinajstić information content (AvgIpc) is 2.84. The van der Waals surface area contributed by atoms with E-state index in [2.05, 4.69) is 17.1 Å². The molecule has 3 heteroatoms. The van der Waals surface area contributed by atoms with Gasteiger partial charge in [0.15, 0.2) is 0 Å². The average molecular weight is 250 g/mol. The van der Waals surface area contributed by atoms with E-state index < -0.39 is 0 Å². The topological polar surface area (TPSA) is 15.3 Å². The first kappa shape index (κ1) is 13.5. The minimum atomic E-state index is -0.142. The van der Waals surface area contributed by atoms with Gasteiger partial charge in [-0.3, -0.25) is 4.90 Å². The SMILES string of the molecule is CCN(Cc1ccc(F)cc1C)CC1CCCN1. The summed E-state index contributed by atoms with van der Waals surface area (Å²) in [7, 11) is 0. The number of hydrogen-bond donors (Lipinski definition) is 1. The number of aryl methyl sites for hydroxylation is 1. The molecule has 0 aliphatic carbocycles. The fraction of sp³-hybridized carbons (Fsp3) is 0.600. The van der Waals surface area contributed by atoms with Gasteiger partial charge in [0.1, 0.15) is 5.82 Å². The Balaban J connectivity index is 1.96. The number of nitrogens with one attached hydrogen (secondary N) is 1. The van der Waals surface area contributed by atoms with Crippen LogP contribution in [0.5, 0.6) is 0 Å². The number of rotatable bonds is 5. The lowest BCUT2D eigenvalue weighted by Crippen LogP contribution is -2.37. The summed E-state index contributed by atoms with van der Waals surface area (Å²) in [5, 5.41) is 3.53. The third kappa shape index (κ3) is 3.53. The molecule has 1 aromatic rings. The van der Waals surface area contributed by atoms with Crippen molar-refractivity contribution in [2.45, 2.75) is 39.3 Å². The summed E-state index contributed by atoms with van der Waals surface area (Å²) in [5.74, 6) is -0.142. The van der Waals surface area contributed by atoms with E-state index in [1.807, 2.05) is 13.0 Å². The van der Waals surface area contributed by atoms with Crippen LogP contribution in [0.3, 0.4) is 0 Å². The van der Waals surface area contributed by atoms with E-state index in [0.29, 0.717) is 6.04 Å². The van der Waals surface area contributed by atoms with Crippen LogP contribution in [0.4, 0.5) is 4.39 Å². The third-order valence-corrected chi connectivity index (χ3v) is 3.79. The normalized spacial score (nSPS) is 19.7. The van der Waals surface area contributed by atoms with Crippen molar-refractivity contribution in [3.8, 4) is 0 Å². The summed E-state index contributed by atoms with van der Waals surface area (Å²) < 4.78 is 13.1. The molecule has 1 N–H and O–H groups in total. The van der Waals surface area contributed by atoms with E-state index in [0.717, 1.165) is 31.7 Å².